The second-order valence-corrected chi connectivity index (χ2v) is 4.28. The lowest BCUT2D eigenvalue weighted by atomic mass is 10.3. The number of furan rings is 1. The number of carbonyl (C=O) groups is 2. The van der Waals surface area contributed by atoms with E-state index < -0.39 is 12.6 Å². The van der Waals surface area contributed by atoms with Crippen molar-refractivity contribution in [3.8, 4) is 5.75 Å². The maximum Gasteiger partial charge on any atom is 0.341 e. The third kappa shape index (κ3) is 4.10. The van der Waals surface area contributed by atoms with Crippen molar-refractivity contribution >= 4 is 17.6 Å². The van der Waals surface area contributed by atoms with E-state index in [-0.39, 0.29) is 11.7 Å². The molecule has 0 fully saturated rings. The lowest BCUT2D eigenvalue weighted by Gasteiger charge is -2.07. The molecule has 0 unspecified atom stereocenters. The maximum atomic E-state index is 12.0. The molecule has 0 aliphatic heterocycles. The summed E-state index contributed by atoms with van der Waals surface area (Å²) in [5, 5.41) is 11.2. The number of anilines is 1. The smallest absolute Gasteiger partial charge is 0.341 e. The number of carboxylic acid groups (broad SMARTS) is 1. The lowest BCUT2D eigenvalue weighted by Crippen LogP contribution is -2.12. The predicted molar refractivity (Wildman–Crippen MR) is 75.6 cm³/mol. The van der Waals surface area contributed by atoms with Crippen molar-refractivity contribution in [2.75, 3.05) is 11.9 Å². The fourth-order valence-electron chi connectivity index (χ4n) is 1.69. The predicted octanol–water partition coefficient (Wildman–Crippen LogP) is 2.56. The summed E-state index contributed by atoms with van der Waals surface area (Å²) in [5.74, 6) is -0.108. The number of hydrogen-bond acceptors (Lipinski definition) is 4. The summed E-state index contributed by atoms with van der Waals surface area (Å²) in [6.07, 6.45) is 0.714. The summed E-state index contributed by atoms with van der Waals surface area (Å²) in [6, 6.07) is 9.85. The van der Waals surface area contributed by atoms with Gasteiger partial charge in [-0.05, 0) is 24.3 Å². The minimum Gasteiger partial charge on any atom is -0.482 e. The molecule has 0 aliphatic carbocycles. The number of rotatable bonds is 6. The molecule has 0 saturated heterocycles. The number of hydrogen-bond donors (Lipinski definition) is 2. The van der Waals surface area contributed by atoms with Crippen LogP contribution in [-0.2, 0) is 11.2 Å². The summed E-state index contributed by atoms with van der Waals surface area (Å²) in [4.78, 5) is 22.4. The Labute approximate surface area is 121 Å². The molecule has 2 rings (SSSR count). The Hall–Kier alpha value is -2.76. The van der Waals surface area contributed by atoms with Gasteiger partial charge in [0.1, 0.15) is 11.5 Å². The molecule has 0 radical (unpaired) electrons. The Morgan fingerprint density at radius 3 is 2.76 bits per heavy atom. The first-order chi connectivity index (χ1) is 10.1. The van der Waals surface area contributed by atoms with E-state index in [1.165, 1.54) is 0 Å². The quantitative estimate of drug-likeness (QED) is 0.853. The van der Waals surface area contributed by atoms with Gasteiger partial charge in [0.05, 0.1) is 0 Å². The molecule has 0 spiro atoms. The normalized spacial score (nSPS) is 10.1. The minimum absolute atomic E-state index is 0.226. The first kappa shape index (κ1) is 14.6. The van der Waals surface area contributed by atoms with Crippen molar-refractivity contribution in [2.24, 2.45) is 0 Å². The fraction of sp³-hybridized carbons (Fsp3) is 0.200. The van der Waals surface area contributed by atoms with Crippen molar-refractivity contribution in [3.63, 3.8) is 0 Å². The number of aryl methyl sites for hydroxylation is 1. The SMILES string of the molecule is CCc1ccc(C(=O)Nc2cccc(OCC(=O)O)c2)o1. The monoisotopic (exact) mass is 289 g/mol. The first-order valence-corrected chi connectivity index (χ1v) is 6.43. The van der Waals surface area contributed by atoms with Crippen molar-refractivity contribution in [1.29, 1.82) is 0 Å². The molecule has 110 valence electrons. The van der Waals surface area contributed by atoms with Gasteiger partial charge in [-0.15, -0.1) is 0 Å². The molecule has 1 amide bonds. The second-order valence-electron chi connectivity index (χ2n) is 4.28. The average molecular weight is 289 g/mol. The van der Waals surface area contributed by atoms with E-state index in [0.717, 1.165) is 5.76 Å². The molecule has 6 heteroatoms. The van der Waals surface area contributed by atoms with Crippen LogP contribution in [0.4, 0.5) is 5.69 Å². The van der Waals surface area contributed by atoms with E-state index in [4.69, 9.17) is 14.3 Å². The lowest BCUT2D eigenvalue weighted by molar-refractivity contribution is -0.139. The summed E-state index contributed by atoms with van der Waals surface area (Å²) >= 11 is 0. The molecule has 0 bridgehead atoms. The largest absolute Gasteiger partial charge is 0.482 e. The summed E-state index contributed by atoms with van der Waals surface area (Å²) < 4.78 is 10.4. The molecule has 1 heterocycles. The van der Waals surface area contributed by atoms with Crippen LogP contribution in [-0.4, -0.2) is 23.6 Å². The van der Waals surface area contributed by atoms with Crippen LogP contribution in [0, 0.1) is 0 Å². The summed E-state index contributed by atoms with van der Waals surface area (Å²) in [7, 11) is 0. The van der Waals surface area contributed by atoms with E-state index in [2.05, 4.69) is 5.32 Å². The Balaban J connectivity index is 2.03. The molecule has 1 aromatic carbocycles. The highest BCUT2D eigenvalue weighted by Crippen LogP contribution is 2.18. The van der Waals surface area contributed by atoms with Crippen LogP contribution in [0.5, 0.6) is 5.75 Å². The Kier molecular flexibility index (Phi) is 4.61. The van der Waals surface area contributed by atoms with E-state index >= 15 is 0 Å². The second kappa shape index (κ2) is 6.60. The summed E-state index contributed by atoms with van der Waals surface area (Å²) in [6.45, 7) is 1.50. The van der Waals surface area contributed by atoms with Crippen LogP contribution in [0.1, 0.15) is 23.2 Å². The van der Waals surface area contributed by atoms with Crippen molar-refractivity contribution in [2.45, 2.75) is 13.3 Å². The third-order valence-corrected chi connectivity index (χ3v) is 2.69. The highest BCUT2D eigenvalue weighted by atomic mass is 16.5. The highest BCUT2D eigenvalue weighted by molar-refractivity contribution is 6.02. The van der Waals surface area contributed by atoms with Gasteiger partial charge < -0.3 is 19.6 Å². The van der Waals surface area contributed by atoms with Gasteiger partial charge in [-0.1, -0.05) is 13.0 Å². The van der Waals surface area contributed by atoms with Crippen molar-refractivity contribution < 1.29 is 23.8 Å². The molecule has 0 atom stereocenters. The Morgan fingerprint density at radius 2 is 2.10 bits per heavy atom. The van der Waals surface area contributed by atoms with E-state index in [1.54, 1.807) is 36.4 Å². The van der Waals surface area contributed by atoms with Gasteiger partial charge in [0, 0.05) is 18.2 Å². The van der Waals surface area contributed by atoms with Crippen LogP contribution in [0.15, 0.2) is 40.8 Å². The number of amides is 1. The van der Waals surface area contributed by atoms with Gasteiger partial charge in [-0.3, -0.25) is 4.79 Å². The topological polar surface area (TPSA) is 88.8 Å². The molecule has 0 aliphatic rings. The number of aliphatic carboxylic acids is 1. The summed E-state index contributed by atoms with van der Waals surface area (Å²) in [5.41, 5.74) is 0.498. The molecular formula is C15H15NO5. The zero-order valence-electron chi connectivity index (χ0n) is 11.5. The molecule has 6 nitrogen and oxygen atoms in total. The molecule has 2 aromatic rings. The molecule has 1 aromatic heterocycles. The first-order valence-electron chi connectivity index (χ1n) is 6.43. The number of carboxylic acids is 1. The highest BCUT2D eigenvalue weighted by Gasteiger charge is 2.11. The van der Waals surface area contributed by atoms with Crippen LogP contribution in [0.2, 0.25) is 0 Å². The van der Waals surface area contributed by atoms with Crippen LogP contribution < -0.4 is 10.1 Å². The van der Waals surface area contributed by atoms with Crippen LogP contribution in [0.25, 0.3) is 0 Å². The molecule has 2 N–H and O–H groups in total. The maximum absolute atomic E-state index is 12.0. The Morgan fingerprint density at radius 1 is 1.29 bits per heavy atom. The van der Waals surface area contributed by atoms with Gasteiger partial charge in [-0.25, -0.2) is 4.79 Å². The molecule has 21 heavy (non-hydrogen) atoms. The Bertz CT molecular complexity index is 647. The van der Waals surface area contributed by atoms with Gasteiger partial charge in [0.15, 0.2) is 12.4 Å². The zero-order valence-corrected chi connectivity index (χ0v) is 11.5. The van der Waals surface area contributed by atoms with E-state index in [1.807, 2.05) is 6.92 Å². The van der Waals surface area contributed by atoms with Gasteiger partial charge in [0.2, 0.25) is 0 Å². The molecule has 0 saturated carbocycles. The number of benzene rings is 1. The number of carbonyl (C=O) groups excluding carboxylic acids is 1. The molecular weight excluding hydrogens is 274 g/mol. The number of nitrogens with one attached hydrogen (secondary N) is 1. The van der Waals surface area contributed by atoms with Gasteiger partial charge in [0.25, 0.3) is 5.91 Å². The average Bonchev–Trinajstić information content (AvgIpc) is 2.94. The van der Waals surface area contributed by atoms with Crippen LogP contribution >= 0.6 is 0 Å². The zero-order chi connectivity index (χ0) is 15.2. The van der Waals surface area contributed by atoms with E-state index in [9.17, 15) is 9.59 Å². The third-order valence-electron chi connectivity index (χ3n) is 2.69. The van der Waals surface area contributed by atoms with Gasteiger partial charge >= 0.3 is 5.97 Å². The van der Waals surface area contributed by atoms with Gasteiger partial charge in [-0.2, -0.15) is 0 Å². The van der Waals surface area contributed by atoms with Crippen LogP contribution in [0.3, 0.4) is 0 Å². The fourth-order valence-corrected chi connectivity index (χ4v) is 1.69. The van der Waals surface area contributed by atoms with Crippen molar-refractivity contribution in [3.05, 3.63) is 47.9 Å². The minimum atomic E-state index is -1.06. The van der Waals surface area contributed by atoms with E-state index in [0.29, 0.717) is 17.9 Å². The standard InChI is InChI=1S/C15H15NO5/c1-2-11-6-7-13(21-11)15(19)16-10-4-3-5-12(8-10)20-9-14(17)18/h3-8H,2,9H2,1H3,(H,16,19)(H,17,18). The number of ether oxygens (including phenoxy) is 1. The van der Waals surface area contributed by atoms with Crippen molar-refractivity contribution in [1.82, 2.24) is 0 Å².